The van der Waals surface area contributed by atoms with E-state index in [1.807, 2.05) is 12.3 Å². The van der Waals surface area contributed by atoms with Gasteiger partial charge in [0.05, 0.1) is 37.4 Å². The van der Waals surface area contributed by atoms with Crippen LogP contribution in [0.2, 0.25) is 0 Å². The number of hydrogen-bond donors (Lipinski definition) is 0. The lowest BCUT2D eigenvalue weighted by atomic mass is 9.98. The van der Waals surface area contributed by atoms with Crippen molar-refractivity contribution in [2.75, 3.05) is 39.5 Å². The lowest BCUT2D eigenvalue weighted by Crippen LogP contribution is -2.33. The molecule has 0 aromatic carbocycles. The molecule has 0 bridgehead atoms. The molecular formula is C18H27NO4. The van der Waals surface area contributed by atoms with Gasteiger partial charge in [0.15, 0.2) is 0 Å². The van der Waals surface area contributed by atoms with Crippen LogP contribution in [0.1, 0.15) is 31.2 Å². The van der Waals surface area contributed by atoms with Crippen molar-refractivity contribution < 1.29 is 18.6 Å². The minimum Gasteiger partial charge on any atom is -0.472 e. The first-order chi connectivity index (χ1) is 11.3. The summed E-state index contributed by atoms with van der Waals surface area (Å²) in [5.41, 5.74) is 1.26. The fraction of sp³-hybridized carbons (Fsp3) is 0.778. The smallest absolute Gasteiger partial charge is 0.0947 e. The van der Waals surface area contributed by atoms with Crippen molar-refractivity contribution in [1.29, 1.82) is 0 Å². The average Bonchev–Trinajstić information content (AvgIpc) is 3.31. The quantitative estimate of drug-likeness (QED) is 0.833. The summed E-state index contributed by atoms with van der Waals surface area (Å²) in [5, 5.41) is 0. The zero-order valence-electron chi connectivity index (χ0n) is 13.7. The van der Waals surface area contributed by atoms with Crippen molar-refractivity contribution in [3.05, 3.63) is 24.2 Å². The van der Waals surface area contributed by atoms with Crippen molar-refractivity contribution in [3.8, 4) is 0 Å². The third kappa shape index (κ3) is 3.79. The van der Waals surface area contributed by atoms with Gasteiger partial charge in [-0.2, -0.15) is 0 Å². The SMILES string of the molecule is c1cc(CN2CC[C@]3(C[C@@H](OCC4CCOCC4)CO3)C2)co1. The first-order valence-corrected chi connectivity index (χ1v) is 8.88. The Bertz CT molecular complexity index is 485. The van der Waals surface area contributed by atoms with Crippen molar-refractivity contribution in [2.24, 2.45) is 5.92 Å². The second-order valence-electron chi connectivity index (χ2n) is 7.30. The zero-order chi connectivity index (χ0) is 15.5. The number of ether oxygens (including phenoxy) is 3. The molecule has 3 aliphatic rings. The van der Waals surface area contributed by atoms with Crippen LogP contribution < -0.4 is 0 Å². The van der Waals surface area contributed by atoms with Gasteiger partial charge in [0.1, 0.15) is 0 Å². The van der Waals surface area contributed by atoms with Gasteiger partial charge in [0.2, 0.25) is 0 Å². The van der Waals surface area contributed by atoms with Crippen molar-refractivity contribution in [1.82, 2.24) is 4.90 Å². The minimum atomic E-state index is 0.0179. The Morgan fingerprint density at radius 2 is 2.22 bits per heavy atom. The molecule has 1 spiro atoms. The second kappa shape index (κ2) is 6.93. The molecule has 1 aromatic rings. The molecule has 4 heterocycles. The Balaban J connectivity index is 1.23. The van der Waals surface area contributed by atoms with E-state index in [1.54, 1.807) is 6.26 Å². The Morgan fingerprint density at radius 3 is 3.04 bits per heavy atom. The van der Waals surface area contributed by atoms with Gasteiger partial charge in [-0.3, -0.25) is 4.90 Å². The van der Waals surface area contributed by atoms with Crippen LogP contribution in [0.15, 0.2) is 23.0 Å². The van der Waals surface area contributed by atoms with Gasteiger partial charge >= 0.3 is 0 Å². The maximum atomic E-state index is 6.19. The lowest BCUT2D eigenvalue weighted by Gasteiger charge is -2.24. The lowest BCUT2D eigenvalue weighted by molar-refractivity contribution is -0.0188. The predicted octanol–water partition coefficient (Wildman–Crippen LogP) is 2.46. The summed E-state index contributed by atoms with van der Waals surface area (Å²) in [6.07, 6.45) is 8.27. The molecule has 0 aliphatic carbocycles. The summed E-state index contributed by atoms with van der Waals surface area (Å²) in [6, 6.07) is 2.04. The van der Waals surface area contributed by atoms with E-state index in [2.05, 4.69) is 4.90 Å². The van der Waals surface area contributed by atoms with E-state index >= 15 is 0 Å². The van der Waals surface area contributed by atoms with Crippen LogP contribution in [0.3, 0.4) is 0 Å². The number of rotatable bonds is 5. The molecule has 3 saturated heterocycles. The highest BCUT2D eigenvalue weighted by Gasteiger charge is 2.45. The standard InChI is InChI=1S/C18H27NO4/c1-6-20-7-2-15(1)12-22-17-9-18(23-13-17)4-5-19(14-18)10-16-3-8-21-11-16/h3,8,11,15,17H,1-2,4-7,9-10,12-14H2/t17-,18+/m1/s1. The summed E-state index contributed by atoms with van der Waals surface area (Å²) in [6.45, 7) is 6.46. The molecule has 4 rings (SSSR count). The van der Waals surface area contributed by atoms with Crippen molar-refractivity contribution in [3.63, 3.8) is 0 Å². The normalized spacial score (nSPS) is 33.0. The summed E-state index contributed by atoms with van der Waals surface area (Å²) in [4.78, 5) is 2.46. The van der Waals surface area contributed by atoms with Gasteiger partial charge in [-0.25, -0.2) is 0 Å². The molecule has 1 aromatic heterocycles. The van der Waals surface area contributed by atoms with Crippen LogP contribution in [0, 0.1) is 5.92 Å². The predicted molar refractivity (Wildman–Crippen MR) is 85.2 cm³/mol. The molecule has 0 amide bonds. The fourth-order valence-corrected chi connectivity index (χ4v) is 4.08. The van der Waals surface area contributed by atoms with E-state index in [9.17, 15) is 0 Å². The highest BCUT2D eigenvalue weighted by molar-refractivity contribution is 5.07. The minimum absolute atomic E-state index is 0.0179. The summed E-state index contributed by atoms with van der Waals surface area (Å²) in [7, 11) is 0. The van der Waals surface area contributed by atoms with Crippen molar-refractivity contribution in [2.45, 2.75) is 43.9 Å². The van der Waals surface area contributed by atoms with Crippen molar-refractivity contribution >= 4 is 0 Å². The van der Waals surface area contributed by atoms with E-state index in [4.69, 9.17) is 18.6 Å². The van der Waals surface area contributed by atoms with E-state index in [0.717, 1.165) is 71.7 Å². The average molecular weight is 321 g/mol. The van der Waals surface area contributed by atoms with E-state index in [1.165, 1.54) is 5.56 Å². The van der Waals surface area contributed by atoms with Gasteiger partial charge in [-0.05, 0) is 31.2 Å². The Morgan fingerprint density at radius 1 is 1.30 bits per heavy atom. The molecule has 0 N–H and O–H groups in total. The Hall–Kier alpha value is -0.880. The maximum absolute atomic E-state index is 6.19. The van der Waals surface area contributed by atoms with Crippen LogP contribution in [0.4, 0.5) is 0 Å². The molecule has 5 heteroatoms. The van der Waals surface area contributed by atoms with Gasteiger partial charge in [-0.15, -0.1) is 0 Å². The molecule has 0 radical (unpaired) electrons. The summed E-state index contributed by atoms with van der Waals surface area (Å²) >= 11 is 0. The number of likely N-dealkylation sites (tertiary alicyclic amines) is 1. The van der Waals surface area contributed by atoms with Crippen LogP contribution in [-0.2, 0) is 20.8 Å². The molecule has 5 nitrogen and oxygen atoms in total. The van der Waals surface area contributed by atoms with Gasteiger partial charge in [0.25, 0.3) is 0 Å². The molecular weight excluding hydrogens is 294 g/mol. The molecule has 3 fully saturated rings. The van der Waals surface area contributed by atoms with Gasteiger partial charge in [0, 0.05) is 44.8 Å². The maximum Gasteiger partial charge on any atom is 0.0947 e. The van der Waals surface area contributed by atoms with E-state index in [-0.39, 0.29) is 11.7 Å². The van der Waals surface area contributed by atoms with E-state index < -0.39 is 0 Å². The number of hydrogen-bond acceptors (Lipinski definition) is 5. The highest BCUT2D eigenvalue weighted by atomic mass is 16.6. The number of nitrogens with zero attached hydrogens (tertiary/aromatic N) is 1. The summed E-state index contributed by atoms with van der Waals surface area (Å²) < 4.78 is 22.9. The van der Waals surface area contributed by atoms with Gasteiger partial charge < -0.3 is 18.6 Å². The van der Waals surface area contributed by atoms with Crippen LogP contribution in [-0.4, -0.2) is 56.1 Å². The molecule has 0 saturated carbocycles. The first-order valence-electron chi connectivity index (χ1n) is 8.88. The number of furan rings is 1. The second-order valence-corrected chi connectivity index (χ2v) is 7.30. The fourth-order valence-electron chi connectivity index (χ4n) is 4.08. The molecule has 3 aliphatic heterocycles. The molecule has 128 valence electrons. The molecule has 0 unspecified atom stereocenters. The Kier molecular flexibility index (Phi) is 4.71. The van der Waals surface area contributed by atoms with Crippen LogP contribution >= 0.6 is 0 Å². The van der Waals surface area contributed by atoms with E-state index in [0.29, 0.717) is 5.92 Å². The van der Waals surface area contributed by atoms with Crippen LogP contribution in [0.25, 0.3) is 0 Å². The molecule has 2 atom stereocenters. The monoisotopic (exact) mass is 321 g/mol. The van der Waals surface area contributed by atoms with Crippen LogP contribution in [0.5, 0.6) is 0 Å². The highest BCUT2D eigenvalue weighted by Crippen LogP contribution is 2.37. The Labute approximate surface area is 137 Å². The largest absolute Gasteiger partial charge is 0.472 e. The first kappa shape index (κ1) is 15.6. The third-order valence-electron chi connectivity index (χ3n) is 5.47. The third-order valence-corrected chi connectivity index (χ3v) is 5.47. The topological polar surface area (TPSA) is 44.1 Å². The zero-order valence-corrected chi connectivity index (χ0v) is 13.7. The van der Waals surface area contributed by atoms with Gasteiger partial charge in [-0.1, -0.05) is 0 Å². The summed E-state index contributed by atoms with van der Waals surface area (Å²) in [5.74, 6) is 0.668. The molecule has 23 heavy (non-hydrogen) atoms.